The monoisotopic (exact) mass is 475 g/mol. The molecular formula is C29H25N5O2. The van der Waals surface area contributed by atoms with Gasteiger partial charge in [0.05, 0.1) is 6.54 Å². The molecule has 3 heterocycles. The van der Waals surface area contributed by atoms with E-state index in [2.05, 4.69) is 62.2 Å². The number of hydrogen-bond donors (Lipinski definition) is 1. The van der Waals surface area contributed by atoms with Crippen LogP contribution in [0.4, 0.5) is 0 Å². The molecule has 7 nitrogen and oxygen atoms in total. The number of nitrogens with one attached hydrogen (secondary N) is 1. The van der Waals surface area contributed by atoms with E-state index in [-0.39, 0.29) is 0 Å². The predicted molar refractivity (Wildman–Crippen MR) is 138 cm³/mol. The van der Waals surface area contributed by atoms with Crippen LogP contribution in [0.15, 0.2) is 70.1 Å². The van der Waals surface area contributed by atoms with E-state index >= 15 is 0 Å². The summed E-state index contributed by atoms with van der Waals surface area (Å²) < 4.78 is 7.12. The molecule has 0 saturated heterocycles. The summed E-state index contributed by atoms with van der Waals surface area (Å²) >= 11 is 0. The minimum atomic E-state index is -0.546. The molecule has 2 aromatic carbocycles. The second kappa shape index (κ2) is 8.16. The Bertz CT molecular complexity index is 1720. The van der Waals surface area contributed by atoms with Gasteiger partial charge in [-0.3, -0.25) is 9.51 Å². The Labute approximate surface area is 207 Å². The highest BCUT2D eigenvalue weighted by Gasteiger charge is 2.30. The number of benzene rings is 2. The van der Waals surface area contributed by atoms with Gasteiger partial charge in [-0.15, -0.1) is 0 Å². The zero-order chi connectivity index (χ0) is 24.2. The minimum Gasteiger partial charge on any atom is -0.308 e. The molecular weight excluding hydrogens is 450 g/mol. The first kappa shape index (κ1) is 21.1. The maximum Gasteiger partial charge on any atom is 0.439 e. The first-order valence-corrected chi connectivity index (χ1v) is 12.4. The molecule has 1 fully saturated rings. The van der Waals surface area contributed by atoms with Crippen molar-refractivity contribution in [3.63, 3.8) is 0 Å². The van der Waals surface area contributed by atoms with Gasteiger partial charge >= 0.3 is 5.76 Å². The van der Waals surface area contributed by atoms with Crippen molar-refractivity contribution < 1.29 is 4.52 Å². The van der Waals surface area contributed by atoms with Crippen LogP contribution in [0.25, 0.3) is 22.3 Å². The number of fused-ring (bicyclic) bond motifs is 3. The molecule has 178 valence electrons. The van der Waals surface area contributed by atoms with Crippen molar-refractivity contribution in [2.24, 2.45) is 0 Å². The summed E-state index contributed by atoms with van der Waals surface area (Å²) in [5, 5.41) is 3.98. The van der Waals surface area contributed by atoms with E-state index in [0.717, 1.165) is 47.5 Å². The van der Waals surface area contributed by atoms with Crippen molar-refractivity contribution in [2.75, 3.05) is 0 Å². The Hall–Kier alpha value is -4.26. The largest absolute Gasteiger partial charge is 0.439 e. The molecule has 2 aliphatic carbocycles. The van der Waals surface area contributed by atoms with Gasteiger partial charge in [0.1, 0.15) is 11.3 Å². The van der Waals surface area contributed by atoms with Gasteiger partial charge in [-0.25, -0.2) is 14.8 Å². The number of pyridine rings is 1. The van der Waals surface area contributed by atoms with E-state index in [1.54, 1.807) is 0 Å². The van der Waals surface area contributed by atoms with Crippen LogP contribution in [0.5, 0.6) is 0 Å². The number of hydrogen-bond acceptors (Lipinski definition) is 5. The molecule has 7 heteroatoms. The van der Waals surface area contributed by atoms with Crippen LogP contribution in [0.3, 0.4) is 0 Å². The molecule has 1 N–H and O–H groups in total. The third-order valence-electron chi connectivity index (χ3n) is 7.38. The molecule has 0 aliphatic heterocycles. The van der Waals surface area contributed by atoms with Crippen LogP contribution in [0.1, 0.15) is 65.1 Å². The molecule has 0 radical (unpaired) electrons. The first-order chi connectivity index (χ1) is 17.7. The van der Waals surface area contributed by atoms with Crippen molar-refractivity contribution in [1.29, 1.82) is 0 Å². The van der Waals surface area contributed by atoms with Gasteiger partial charge in [0, 0.05) is 17.7 Å². The molecule has 0 amide bonds. The number of aromatic nitrogens is 5. The maximum atomic E-state index is 11.7. The first-order valence-electron chi connectivity index (χ1n) is 12.4. The summed E-state index contributed by atoms with van der Waals surface area (Å²) in [6.45, 7) is 2.74. The van der Waals surface area contributed by atoms with Crippen LogP contribution in [0, 0.1) is 0 Å². The van der Waals surface area contributed by atoms with Gasteiger partial charge in [-0.05, 0) is 78.1 Å². The van der Waals surface area contributed by atoms with E-state index < -0.39 is 5.76 Å². The Morgan fingerprint density at radius 2 is 1.89 bits per heavy atom. The highest BCUT2D eigenvalue weighted by molar-refractivity contribution is 5.98. The van der Waals surface area contributed by atoms with Crippen molar-refractivity contribution in [2.45, 2.75) is 45.1 Å². The normalized spacial score (nSPS) is 16.5. The highest BCUT2D eigenvalue weighted by Crippen LogP contribution is 2.41. The minimum absolute atomic E-state index is 0.465. The number of aromatic amines is 1. The second-order valence-corrected chi connectivity index (χ2v) is 9.77. The van der Waals surface area contributed by atoms with Gasteiger partial charge in [0.15, 0.2) is 11.5 Å². The number of allylic oxidation sites excluding steroid dienone is 1. The average molecular weight is 476 g/mol. The third-order valence-corrected chi connectivity index (χ3v) is 7.38. The molecule has 7 rings (SSSR count). The predicted octanol–water partition coefficient (Wildman–Crippen LogP) is 5.11. The summed E-state index contributed by atoms with van der Waals surface area (Å²) in [6.07, 6.45) is 6.12. The van der Waals surface area contributed by atoms with Crippen LogP contribution in [-0.4, -0.2) is 24.7 Å². The molecule has 5 aromatic rings. The summed E-state index contributed by atoms with van der Waals surface area (Å²) in [6, 6.07) is 19.2. The van der Waals surface area contributed by atoms with Gasteiger partial charge in [-0.2, -0.15) is 0 Å². The van der Waals surface area contributed by atoms with Crippen molar-refractivity contribution >= 4 is 22.3 Å². The van der Waals surface area contributed by atoms with Gasteiger partial charge < -0.3 is 4.57 Å². The molecule has 0 bridgehead atoms. The Morgan fingerprint density at radius 1 is 1.06 bits per heavy atom. The van der Waals surface area contributed by atoms with E-state index in [0.29, 0.717) is 11.7 Å². The van der Waals surface area contributed by atoms with Crippen molar-refractivity contribution in [3.05, 3.63) is 111 Å². The average Bonchev–Trinajstić information content (AvgIpc) is 3.59. The van der Waals surface area contributed by atoms with Crippen LogP contribution < -0.4 is 5.76 Å². The highest BCUT2D eigenvalue weighted by atomic mass is 16.5. The Balaban J connectivity index is 1.36. The van der Waals surface area contributed by atoms with Gasteiger partial charge in [0.25, 0.3) is 0 Å². The number of aryl methyl sites for hydroxylation is 2. The molecule has 0 atom stereocenters. The fourth-order valence-electron chi connectivity index (χ4n) is 5.47. The molecule has 0 spiro atoms. The fourth-order valence-corrected chi connectivity index (χ4v) is 5.47. The van der Waals surface area contributed by atoms with E-state index in [9.17, 15) is 4.79 Å². The zero-order valence-corrected chi connectivity index (χ0v) is 20.0. The SMILES string of the molecule is C/C(=C1/c2ccccc2CCc2cc(Cn3c(C4CC4)nc4cccnc43)ccc21)c1noc(=O)[nH]1. The number of nitrogens with zero attached hydrogens (tertiary/aromatic N) is 4. The lowest BCUT2D eigenvalue weighted by Gasteiger charge is -2.16. The molecule has 36 heavy (non-hydrogen) atoms. The summed E-state index contributed by atoms with van der Waals surface area (Å²) in [5.74, 6) is 1.61. The van der Waals surface area contributed by atoms with E-state index in [1.165, 1.54) is 40.7 Å². The van der Waals surface area contributed by atoms with Gasteiger partial charge in [-0.1, -0.05) is 47.6 Å². The van der Waals surface area contributed by atoms with Crippen molar-refractivity contribution in [1.82, 2.24) is 24.7 Å². The molecule has 1 saturated carbocycles. The quantitative estimate of drug-likeness (QED) is 0.390. The Morgan fingerprint density at radius 3 is 2.72 bits per heavy atom. The van der Waals surface area contributed by atoms with Crippen molar-refractivity contribution in [3.8, 4) is 0 Å². The molecule has 0 unspecified atom stereocenters. The van der Waals surface area contributed by atoms with Crippen LogP contribution >= 0.6 is 0 Å². The van der Waals surface area contributed by atoms with Crippen LogP contribution in [-0.2, 0) is 19.4 Å². The number of H-pyrrole nitrogens is 1. The Kier molecular flexibility index (Phi) is 4.77. The summed E-state index contributed by atoms with van der Waals surface area (Å²) in [4.78, 5) is 24.0. The lowest BCUT2D eigenvalue weighted by atomic mass is 9.89. The summed E-state index contributed by atoms with van der Waals surface area (Å²) in [5.41, 5.74) is 10.0. The lowest BCUT2D eigenvalue weighted by Crippen LogP contribution is -2.06. The lowest BCUT2D eigenvalue weighted by molar-refractivity contribution is 0.385. The second-order valence-electron chi connectivity index (χ2n) is 9.77. The fraction of sp³-hybridized carbons (Fsp3) is 0.241. The molecule has 2 aliphatic rings. The van der Waals surface area contributed by atoms with Crippen LogP contribution in [0.2, 0.25) is 0 Å². The summed E-state index contributed by atoms with van der Waals surface area (Å²) in [7, 11) is 0. The van der Waals surface area contributed by atoms with E-state index in [4.69, 9.17) is 9.51 Å². The number of rotatable bonds is 4. The number of imidazole rings is 1. The topological polar surface area (TPSA) is 89.6 Å². The smallest absolute Gasteiger partial charge is 0.308 e. The maximum absolute atomic E-state index is 11.7. The zero-order valence-electron chi connectivity index (χ0n) is 20.0. The van der Waals surface area contributed by atoms with E-state index in [1.807, 2.05) is 25.3 Å². The van der Waals surface area contributed by atoms with Gasteiger partial charge in [0.2, 0.25) is 0 Å². The molecule has 3 aromatic heterocycles. The standard InChI is InChI=1S/C29H25N5O2/c1-17(26-32-29(35)36-33-26)25-22-6-3-2-5-19(22)9-12-21-15-18(8-13-23(21)25)16-34-27(20-10-11-20)31-24-7-4-14-30-28(24)34/h2-8,13-15,20H,9-12,16H2,1H3,(H,32,33,35)/b25-17+. The third kappa shape index (κ3) is 3.50.